The Kier molecular flexibility index (Phi) is 3.82. The van der Waals surface area contributed by atoms with Crippen LogP contribution in [0.1, 0.15) is 24.8 Å². The maximum absolute atomic E-state index is 11.2. The van der Waals surface area contributed by atoms with Crippen molar-refractivity contribution in [1.29, 1.82) is 5.41 Å². The van der Waals surface area contributed by atoms with Crippen LogP contribution in [0.3, 0.4) is 0 Å². The van der Waals surface area contributed by atoms with Gasteiger partial charge >= 0.3 is 0 Å². The van der Waals surface area contributed by atoms with E-state index < -0.39 is 0 Å². The number of nitrogens with two attached hydrogens (primary N) is 1. The van der Waals surface area contributed by atoms with E-state index >= 15 is 0 Å². The summed E-state index contributed by atoms with van der Waals surface area (Å²) in [5, 5.41) is 9.93. The lowest BCUT2D eigenvalue weighted by Gasteiger charge is -2.17. The molecule has 18 heavy (non-hydrogen) atoms. The van der Waals surface area contributed by atoms with Gasteiger partial charge in [0.15, 0.2) is 0 Å². The highest BCUT2D eigenvalue weighted by Gasteiger charge is 2.14. The Morgan fingerprint density at radius 1 is 1.44 bits per heavy atom. The molecule has 0 radical (unpaired) electrons. The zero-order valence-corrected chi connectivity index (χ0v) is 10.2. The average Bonchev–Trinajstić information content (AvgIpc) is 2.34. The maximum atomic E-state index is 11.2. The van der Waals surface area contributed by atoms with Gasteiger partial charge in [-0.2, -0.15) is 0 Å². The van der Waals surface area contributed by atoms with Crippen LogP contribution in [0.4, 0.5) is 5.69 Å². The minimum absolute atomic E-state index is 0.0672. The lowest BCUT2D eigenvalue weighted by molar-refractivity contribution is -0.116. The first-order chi connectivity index (χ1) is 8.65. The van der Waals surface area contributed by atoms with Crippen molar-refractivity contribution < 1.29 is 9.53 Å². The molecule has 2 rings (SSSR count). The van der Waals surface area contributed by atoms with Crippen LogP contribution in [0.5, 0.6) is 5.75 Å². The molecular formula is C13H17N3O2. The van der Waals surface area contributed by atoms with E-state index in [2.05, 4.69) is 5.32 Å². The second-order valence-corrected chi connectivity index (χ2v) is 4.34. The minimum atomic E-state index is 0.0672. The molecule has 5 heteroatoms. The number of rotatable bonds is 5. The van der Waals surface area contributed by atoms with Crippen molar-refractivity contribution in [2.24, 2.45) is 5.73 Å². The van der Waals surface area contributed by atoms with Crippen LogP contribution < -0.4 is 15.8 Å². The van der Waals surface area contributed by atoms with Crippen molar-refractivity contribution >= 4 is 17.4 Å². The number of hydrogen-bond donors (Lipinski definition) is 3. The summed E-state index contributed by atoms with van der Waals surface area (Å²) >= 11 is 0. The Balaban J connectivity index is 1.91. The molecule has 0 aromatic heterocycles. The molecule has 1 aromatic rings. The van der Waals surface area contributed by atoms with E-state index in [0.717, 1.165) is 29.8 Å². The van der Waals surface area contributed by atoms with Gasteiger partial charge in [-0.15, -0.1) is 0 Å². The third kappa shape index (κ3) is 3.23. The van der Waals surface area contributed by atoms with Gasteiger partial charge in [0.05, 0.1) is 12.4 Å². The Labute approximate surface area is 106 Å². The van der Waals surface area contributed by atoms with Crippen LogP contribution in [0.2, 0.25) is 0 Å². The summed E-state index contributed by atoms with van der Waals surface area (Å²) in [5.74, 6) is 1.05. The summed E-state index contributed by atoms with van der Waals surface area (Å²) in [6.45, 7) is 0.546. The number of nitrogens with one attached hydrogen (secondary N) is 2. The van der Waals surface area contributed by atoms with Crippen LogP contribution in [0, 0.1) is 5.41 Å². The molecule has 0 fully saturated rings. The van der Waals surface area contributed by atoms with Gasteiger partial charge in [-0.3, -0.25) is 10.2 Å². The van der Waals surface area contributed by atoms with Crippen LogP contribution in [-0.4, -0.2) is 18.3 Å². The van der Waals surface area contributed by atoms with Crippen molar-refractivity contribution in [3.8, 4) is 5.75 Å². The number of hydrogen-bond acceptors (Lipinski definition) is 3. The molecule has 0 bridgehead atoms. The fraction of sp³-hybridized carbons (Fsp3) is 0.385. The monoisotopic (exact) mass is 247 g/mol. The van der Waals surface area contributed by atoms with E-state index in [1.54, 1.807) is 0 Å². The van der Waals surface area contributed by atoms with E-state index in [1.807, 2.05) is 18.2 Å². The Bertz CT molecular complexity index is 471. The summed E-state index contributed by atoms with van der Waals surface area (Å²) in [4.78, 5) is 11.2. The van der Waals surface area contributed by atoms with Crippen LogP contribution in [0.25, 0.3) is 0 Å². The van der Waals surface area contributed by atoms with Crippen molar-refractivity contribution in [1.82, 2.24) is 0 Å². The molecule has 1 aliphatic heterocycles. The molecule has 1 aliphatic rings. The largest absolute Gasteiger partial charge is 0.494 e. The lowest BCUT2D eigenvalue weighted by Crippen LogP contribution is -2.18. The Hall–Kier alpha value is -2.04. The number of carbonyl (C=O) groups excluding carboxylic acids is 1. The average molecular weight is 247 g/mol. The van der Waals surface area contributed by atoms with Crippen molar-refractivity contribution in [2.45, 2.75) is 25.7 Å². The molecule has 1 aromatic carbocycles. The first-order valence-corrected chi connectivity index (χ1v) is 6.03. The predicted octanol–water partition coefficient (Wildman–Crippen LogP) is 1.67. The lowest BCUT2D eigenvalue weighted by atomic mass is 10.0. The van der Waals surface area contributed by atoms with Gasteiger partial charge in [0, 0.05) is 18.5 Å². The molecule has 0 spiro atoms. The fourth-order valence-electron chi connectivity index (χ4n) is 1.90. The molecule has 5 nitrogen and oxygen atoms in total. The first-order valence-electron chi connectivity index (χ1n) is 6.03. The number of aryl methyl sites for hydroxylation is 1. The molecule has 1 amide bonds. The number of ether oxygens (including phenoxy) is 1. The van der Waals surface area contributed by atoms with Gasteiger partial charge in [-0.1, -0.05) is 0 Å². The number of anilines is 1. The summed E-state index contributed by atoms with van der Waals surface area (Å²) in [7, 11) is 0. The van der Waals surface area contributed by atoms with Gasteiger partial charge < -0.3 is 15.8 Å². The zero-order chi connectivity index (χ0) is 13.0. The molecule has 4 N–H and O–H groups in total. The van der Waals surface area contributed by atoms with Gasteiger partial charge in [0.2, 0.25) is 5.91 Å². The highest BCUT2D eigenvalue weighted by atomic mass is 16.5. The number of benzene rings is 1. The summed E-state index contributed by atoms with van der Waals surface area (Å²) < 4.78 is 5.58. The topological polar surface area (TPSA) is 88.2 Å². The van der Waals surface area contributed by atoms with Gasteiger partial charge in [-0.05, 0) is 36.6 Å². The van der Waals surface area contributed by atoms with Gasteiger partial charge in [0.25, 0.3) is 0 Å². The van der Waals surface area contributed by atoms with Crippen molar-refractivity contribution in [2.75, 3.05) is 11.9 Å². The molecular weight excluding hydrogens is 230 g/mol. The molecule has 0 saturated carbocycles. The molecule has 0 aliphatic carbocycles. The Morgan fingerprint density at radius 3 is 3.06 bits per heavy atom. The van der Waals surface area contributed by atoms with Crippen molar-refractivity contribution in [3.05, 3.63) is 23.8 Å². The normalized spacial score (nSPS) is 13.7. The number of carbonyl (C=O) groups is 1. The predicted molar refractivity (Wildman–Crippen MR) is 70.0 cm³/mol. The van der Waals surface area contributed by atoms with Gasteiger partial charge in [0.1, 0.15) is 5.75 Å². The van der Waals surface area contributed by atoms with E-state index in [0.29, 0.717) is 19.4 Å². The third-order valence-electron chi connectivity index (χ3n) is 2.83. The highest BCUT2D eigenvalue weighted by molar-refractivity contribution is 5.93. The molecule has 1 heterocycles. The highest BCUT2D eigenvalue weighted by Crippen LogP contribution is 2.26. The summed E-state index contributed by atoms with van der Waals surface area (Å²) in [5.41, 5.74) is 7.25. The molecule has 0 unspecified atom stereocenters. The van der Waals surface area contributed by atoms with Gasteiger partial charge in [-0.25, -0.2) is 0 Å². The van der Waals surface area contributed by atoms with E-state index in [1.165, 1.54) is 0 Å². The van der Waals surface area contributed by atoms with E-state index in [4.69, 9.17) is 15.9 Å². The Morgan fingerprint density at radius 2 is 2.28 bits per heavy atom. The summed E-state index contributed by atoms with van der Waals surface area (Å²) in [6, 6.07) is 5.67. The number of amidine groups is 1. The SMILES string of the molecule is N=C(N)CCCOc1ccc2c(c1)CCC(=O)N2. The van der Waals surface area contributed by atoms with E-state index in [-0.39, 0.29) is 11.7 Å². The second-order valence-electron chi connectivity index (χ2n) is 4.34. The molecule has 0 atom stereocenters. The standard InChI is InChI=1S/C13H17N3O2/c14-12(15)2-1-7-18-10-4-5-11-9(8-10)3-6-13(17)16-11/h4-5,8H,1-3,6-7H2,(H3,14,15)(H,16,17). The number of fused-ring (bicyclic) bond motifs is 1. The van der Waals surface area contributed by atoms with Crippen LogP contribution in [0.15, 0.2) is 18.2 Å². The smallest absolute Gasteiger partial charge is 0.224 e. The quantitative estimate of drug-likeness (QED) is 0.420. The van der Waals surface area contributed by atoms with Crippen LogP contribution in [-0.2, 0) is 11.2 Å². The maximum Gasteiger partial charge on any atom is 0.224 e. The minimum Gasteiger partial charge on any atom is -0.494 e. The first kappa shape index (κ1) is 12.4. The zero-order valence-electron chi connectivity index (χ0n) is 10.2. The third-order valence-corrected chi connectivity index (χ3v) is 2.83. The van der Waals surface area contributed by atoms with Crippen LogP contribution >= 0.6 is 0 Å². The van der Waals surface area contributed by atoms with Crippen molar-refractivity contribution in [3.63, 3.8) is 0 Å². The second kappa shape index (κ2) is 5.53. The number of amides is 1. The molecule has 0 saturated heterocycles. The van der Waals surface area contributed by atoms with E-state index in [9.17, 15) is 4.79 Å². The summed E-state index contributed by atoms with van der Waals surface area (Å²) in [6.07, 6.45) is 2.58. The fourth-order valence-corrected chi connectivity index (χ4v) is 1.90. The molecule has 96 valence electrons.